The van der Waals surface area contributed by atoms with Crippen LogP contribution in [0.4, 0.5) is 0 Å². The Hall–Kier alpha value is 0.480. The van der Waals surface area contributed by atoms with E-state index < -0.39 is 0 Å². The lowest BCUT2D eigenvalue weighted by Gasteiger charge is -2.28. The van der Waals surface area contributed by atoms with Crippen LogP contribution in [0.1, 0.15) is 39.5 Å². The van der Waals surface area contributed by atoms with Crippen molar-refractivity contribution in [1.29, 1.82) is 0 Å². The summed E-state index contributed by atoms with van der Waals surface area (Å²) in [7, 11) is 0. The maximum atomic E-state index is 3.66. The highest BCUT2D eigenvalue weighted by Gasteiger charge is 2.21. The minimum Gasteiger partial charge on any atom is -0.0891 e. The molecule has 1 saturated carbocycles. The van der Waals surface area contributed by atoms with Gasteiger partial charge in [-0.1, -0.05) is 42.6 Å². The Morgan fingerprint density at radius 1 is 1.40 bits per heavy atom. The molecule has 0 radical (unpaired) electrons. The third-order valence-electron chi connectivity index (χ3n) is 2.63. The summed E-state index contributed by atoms with van der Waals surface area (Å²) in [5.41, 5.74) is 0. The molecule has 0 amide bonds. The zero-order chi connectivity index (χ0) is 7.56. The van der Waals surface area contributed by atoms with Crippen molar-refractivity contribution in [2.75, 3.05) is 0 Å². The van der Waals surface area contributed by atoms with Gasteiger partial charge in [-0.25, -0.2) is 0 Å². The zero-order valence-corrected chi connectivity index (χ0v) is 8.52. The third-order valence-corrected chi connectivity index (χ3v) is 3.37. The zero-order valence-electron chi connectivity index (χ0n) is 6.94. The molecule has 60 valence electrons. The first-order valence-electron chi connectivity index (χ1n) is 4.34. The van der Waals surface area contributed by atoms with E-state index in [4.69, 9.17) is 0 Å². The second kappa shape index (κ2) is 3.75. The summed E-state index contributed by atoms with van der Waals surface area (Å²) in [6, 6.07) is 0. The minimum atomic E-state index is 0.732. The molecule has 0 aromatic heterocycles. The van der Waals surface area contributed by atoms with Gasteiger partial charge in [0.25, 0.3) is 0 Å². The first-order valence-corrected chi connectivity index (χ1v) is 5.25. The predicted molar refractivity (Wildman–Crippen MR) is 49.5 cm³/mol. The molecule has 3 atom stereocenters. The number of halogens is 1. The normalized spacial score (nSPS) is 37.5. The first-order chi connectivity index (χ1) is 4.70. The quantitative estimate of drug-likeness (QED) is 0.574. The van der Waals surface area contributed by atoms with E-state index in [9.17, 15) is 0 Å². The summed E-state index contributed by atoms with van der Waals surface area (Å²) in [4.78, 5) is 0.732. The number of alkyl halides is 1. The van der Waals surface area contributed by atoms with Gasteiger partial charge >= 0.3 is 0 Å². The molecule has 3 unspecified atom stereocenters. The molecule has 1 heteroatoms. The van der Waals surface area contributed by atoms with Gasteiger partial charge in [-0.15, -0.1) is 0 Å². The Labute approximate surface area is 72.5 Å². The Morgan fingerprint density at radius 3 is 2.50 bits per heavy atom. The van der Waals surface area contributed by atoms with Crippen molar-refractivity contribution >= 4 is 15.9 Å². The van der Waals surface area contributed by atoms with E-state index in [0.29, 0.717) is 0 Å². The fraction of sp³-hybridized carbons (Fsp3) is 1.00. The van der Waals surface area contributed by atoms with E-state index in [2.05, 4.69) is 29.8 Å². The van der Waals surface area contributed by atoms with Crippen LogP contribution in [0.25, 0.3) is 0 Å². The average molecular weight is 205 g/mol. The van der Waals surface area contributed by atoms with Crippen LogP contribution in [0.15, 0.2) is 0 Å². The van der Waals surface area contributed by atoms with Crippen molar-refractivity contribution in [3.63, 3.8) is 0 Å². The maximum Gasteiger partial charge on any atom is 0.0145 e. The molecule has 0 aromatic carbocycles. The highest BCUT2D eigenvalue weighted by molar-refractivity contribution is 9.09. The second-order valence-corrected chi connectivity index (χ2v) is 5.15. The topological polar surface area (TPSA) is 0 Å². The van der Waals surface area contributed by atoms with E-state index in [-0.39, 0.29) is 0 Å². The third kappa shape index (κ3) is 2.26. The molecular formula is C9H17Br. The van der Waals surface area contributed by atoms with Crippen LogP contribution in [-0.4, -0.2) is 4.83 Å². The summed E-state index contributed by atoms with van der Waals surface area (Å²) in [6.45, 7) is 4.66. The lowest BCUT2D eigenvalue weighted by molar-refractivity contribution is 0.284. The summed E-state index contributed by atoms with van der Waals surface area (Å²) < 4.78 is 0. The van der Waals surface area contributed by atoms with Gasteiger partial charge in [0, 0.05) is 4.83 Å². The Morgan fingerprint density at radius 2 is 2.10 bits per heavy atom. The monoisotopic (exact) mass is 204 g/mol. The summed E-state index contributed by atoms with van der Waals surface area (Å²) in [5, 5.41) is 0. The Bertz CT molecular complexity index is 98.9. The fourth-order valence-electron chi connectivity index (χ4n) is 1.90. The van der Waals surface area contributed by atoms with Gasteiger partial charge in [0.05, 0.1) is 0 Å². The van der Waals surface area contributed by atoms with E-state index in [1.807, 2.05) is 0 Å². The number of hydrogen-bond acceptors (Lipinski definition) is 0. The largest absolute Gasteiger partial charge is 0.0891 e. The van der Waals surface area contributed by atoms with Crippen LogP contribution >= 0.6 is 15.9 Å². The molecule has 0 nitrogen and oxygen atoms in total. The predicted octanol–water partition coefficient (Wildman–Crippen LogP) is 3.60. The highest BCUT2D eigenvalue weighted by atomic mass is 79.9. The molecule has 0 N–H and O–H groups in total. The van der Waals surface area contributed by atoms with Gasteiger partial charge in [-0.3, -0.25) is 0 Å². The molecule has 1 rings (SSSR count). The van der Waals surface area contributed by atoms with Crippen molar-refractivity contribution in [1.82, 2.24) is 0 Å². The van der Waals surface area contributed by atoms with Crippen molar-refractivity contribution in [2.24, 2.45) is 11.8 Å². The molecule has 0 bridgehead atoms. The van der Waals surface area contributed by atoms with Crippen LogP contribution in [0.3, 0.4) is 0 Å². The first kappa shape index (κ1) is 8.58. The molecule has 10 heavy (non-hydrogen) atoms. The number of rotatable bonds is 1. The van der Waals surface area contributed by atoms with Crippen molar-refractivity contribution in [3.8, 4) is 0 Å². The molecule has 0 spiro atoms. The van der Waals surface area contributed by atoms with E-state index in [0.717, 1.165) is 16.7 Å². The van der Waals surface area contributed by atoms with Crippen LogP contribution in [0, 0.1) is 11.8 Å². The molecule has 0 heterocycles. The van der Waals surface area contributed by atoms with Crippen LogP contribution in [0.2, 0.25) is 0 Å². The van der Waals surface area contributed by atoms with Crippen molar-refractivity contribution in [2.45, 2.75) is 44.4 Å². The van der Waals surface area contributed by atoms with E-state index in [1.54, 1.807) is 0 Å². The van der Waals surface area contributed by atoms with Gasteiger partial charge in [0.1, 0.15) is 0 Å². The van der Waals surface area contributed by atoms with Gasteiger partial charge in [-0.05, 0) is 24.7 Å². The molecule has 0 saturated heterocycles. The smallest absolute Gasteiger partial charge is 0.0145 e. The molecular weight excluding hydrogens is 188 g/mol. The summed E-state index contributed by atoms with van der Waals surface area (Å²) in [5.74, 6) is 1.92. The lowest BCUT2D eigenvalue weighted by Crippen LogP contribution is -2.19. The van der Waals surface area contributed by atoms with Crippen molar-refractivity contribution < 1.29 is 0 Å². The van der Waals surface area contributed by atoms with E-state index >= 15 is 0 Å². The van der Waals surface area contributed by atoms with Gasteiger partial charge in [0.15, 0.2) is 0 Å². The second-order valence-electron chi connectivity index (χ2n) is 3.71. The van der Waals surface area contributed by atoms with Crippen LogP contribution < -0.4 is 0 Å². The molecule has 1 aliphatic carbocycles. The van der Waals surface area contributed by atoms with Gasteiger partial charge in [0.2, 0.25) is 0 Å². The minimum absolute atomic E-state index is 0.732. The summed E-state index contributed by atoms with van der Waals surface area (Å²) >= 11 is 3.66. The molecule has 1 aliphatic rings. The standard InChI is InChI=1S/C9H17Br/c1-7-4-3-5-9(6-7)8(2)10/h7-9H,3-6H2,1-2H3. The summed E-state index contributed by atoms with van der Waals surface area (Å²) in [6.07, 6.45) is 5.78. The molecule has 0 aromatic rings. The SMILES string of the molecule is CC1CCCC(C(C)Br)C1. The molecule has 0 aliphatic heterocycles. The van der Waals surface area contributed by atoms with Crippen molar-refractivity contribution in [3.05, 3.63) is 0 Å². The van der Waals surface area contributed by atoms with E-state index in [1.165, 1.54) is 25.7 Å². The van der Waals surface area contributed by atoms with Gasteiger partial charge in [-0.2, -0.15) is 0 Å². The fourth-order valence-corrected chi connectivity index (χ4v) is 2.38. The Kier molecular flexibility index (Phi) is 3.22. The maximum absolute atomic E-state index is 3.66. The Balaban J connectivity index is 2.32. The lowest BCUT2D eigenvalue weighted by atomic mass is 9.81. The molecule has 1 fully saturated rings. The van der Waals surface area contributed by atoms with Gasteiger partial charge < -0.3 is 0 Å². The number of hydrogen-bond donors (Lipinski definition) is 0. The average Bonchev–Trinajstić information content (AvgIpc) is 1.88. The van der Waals surface area contributed by atoms with Crippen LogP contribution in [0.5, 0.6) is 0 Å². The highest BCUT2D eigenvalue weighted by Crippen LogP contribution is 2.33. The van der Waals surface area contributed by atoms with Crippen LogP contribution in [-0.2, 0) is 0 Å².